The van der Waals surface area contributed by atoms with Crippen molar-refractivity contribution < 1.29 is 0 Å². The molecule has 1 nitrogen and oxygen atoms in total. The molecule has 1 heterocycles. The van der Waals surface area contributed by atoms with Gasteiger partial charge in [0.05, 0.1) is 0 Å². The van der Waals surface area contributed by atoms with Gasteiger partial charge >= 0.3 is 0 Å². The minimum absolute atomic E-state index is 0.645. The van der Waals surface area contributed by atoms with Crippen molar-refractivity contribution in [3.63, 3.8) is 0 Å². The lowest BCUT2D eigenvalue weighted by Gasteiger charge is -2.12. The number of hydrogen-bond acceptors (Lipinski definition) is 2. The zero-order valence-electron chi connectivity index (χ0n) is 10.3. The highest BCUT2D eigenvalue weighted by Gasteiger charge is 2.39. The Morgan fingerprint density at radius 3 is 2.88 bits per heavy atom. The molecule has 1 saturated carbocycles. The largest absolute Gasteiger partial charge is 0.312 e. The van der Waals surface area contributed by atoms with E-state index in [4.69, 9.17) is 0 Å². The molecule has 1 aromatic carbocycles. The van der Waals surface area contributed by atoms with Crippen LogP contribution in [-0.2, 0) is 6.54 Å². The van der Waals surface area contributed by atoms with Crippen LogP contribution in [0.5, 0.6) is 0 Å². The number of hydrogen-bond donors (Lipinski definition) is 1. The summed E-state index contributed by atoms with van der Waals surface area (Å²) in [4.78, 5) is 0. The van der Waals surface area contributed by atoms with Crippen molar-refractivity contribution in [2.24, 2.45) is 5.41 Å². The van der Waals surface area contributed by atoms with Gasteiger partial charge in [-0.2, -0.15) is 0 Å². The van der Waals surface area contributed by atoms with Crippen LogP contribution in [0.2, 0.25) is 0 Å². The van der Waals surface area contributed by atoms with Crippen LogP contribution >= 0.6 is 11.3 Å². The average Bonchev–Trinajstić information content (AvgIpc) is 3.04. The zero-order chi connectivity index (χ0) is 11.7. The van der Waals surface area contributed by atoms with Gasteiger partial charge in [0, 0.05) is 17.8 Å². The van der Waals surface area contributed by atoms with Crippen LogP contribution < -0.4 is 5.32 Å². The van der Waals surface area contributed by atoms with Gasteiger partial charge in [0.25, 0.3) is 0 Å². The maximum Gasteiger partial charge on any atom is 0.0346 e. The Hall–Kier alpha value is -0.860. The van der Waals surface area contributed by atoms with Gasteiger partial charge in [0.1, 0.15) is 0 Å². The third kappa shape index (κ3) is 2.24. The summed E-state index contributed by atoms with van der Waals surface area (Å²) in [5, 5.41) is 7.36. The Morgan fingerprint density at radius 1 is 1.29 bits per heavy atom. The van der Waals surface area contributed by atoms with E-state index in [-0.39, 0.29) is 0 Å². The van der Waals surface area contributed by atoms with E-state index >= 15 is 0 Å². The molecule has 0 bridgehead atoms. The average molecular weight is 245 g/mol. The van der Waals surface area contributed by atoms with Crippen LogP contribution in [0, 0.1) is 5.41 Å². The third-order valence-corrected chi connectivity index (χ3v) is 5.10. The Bertz CT molecular complexity index is 510. The summed E-state index contributed by atoms with van der Waals surface area (Å²) >= 11 is 1.85. The highest BCUT2D eigenvalue weighted by molar-refractivity contribution is 7.17. The lowest BCUT2D eigenvalue weighted by molar-refractivity contribution is 0.444. The number of nitrogens with one attached hydrogen (secondary N) is 1. The SMILES string of the molecule is CCC1(CNCc2csc3ccccc23)CC1. The third-order valence-electron chi connectivity index (χ3n) is 4.08. The molecule has 0 spiro atoms. The van der Waals surface area contributed by atoms with E-state index in [1.807, 2.05) is 11.3 Å². The summed E-state index contributed by atoms with van der Waals surface area (Å²) in [7, 11) is 0. The summed E-state index contributed by atoms with van der Waals surface area (Å²) < 4.78 is 1.40. The zero-order valence-corrected chi connectivity index (χ0v) is 11.1. The van der Waals surface area contributed by atoms with Crippen LogP contribution in [0.4, 0.5) is 0 Å². The Morgan fingerprint density at radius 2 is 2.12 bits per heavy atom. The molecule has 1 aliphatic rings. The second-order valence-electron chi connectivity index (χ2n) is 5.21. The van der Waals surface area contributed by atoms with Gasteiger partial charge in [-0.05, 0) is 47.1 Å². The standard InChI is InChI=1S/C15H19NS/c1-2-15(7-8-15)11-16-9-12-10-17-14-6-4-3-5-13(12)14/h3-6,10,16H,2,7-9,11H2,1H3. The van der Waals surface area contributed by atoms with Crippen molar-refractivity contribution in [2.45, 2.75) is 32.7 Å². The lowest BCUT2D eigenvalue weighted by Crippen LogP contribution is -2.22. The van der Waals surface area contributed by atoms with E-state index in [9.17, 15) is 0 Å². The fraction of sp³-hybridized carbons (Fsp3) is 0.467. The quantitative estimate of drug-likeness (QED) is 0.833. The van der Waals surface area contributed by atoms with Crippen LogP contribution in [0.3, 0.4) is 0 Å². The van der Waals surface area contributed by atoms with Crippen molar-refractivity contribution in [2.75, 3.05) is 6.54 Å². The van der Waals surface area contributed by atoms with Crippen LogP contribution in [0.25, 0.3) is 10.1 Å². The fourth-order valence-corrected chi connectivity index (χ4v) is 3.43. The molecule has 3 rings (SSSR count). The van der Waals surface area contributed by atoms with Crippen molar-refractivity contribution >= 4 is 21.4 Å². The molecule has 90 valence electrons. The minimum atomic E-state index is 0.645. The monoisotopic (exact) mass is 245 g/mol. The van der Waals surface area contributed by atoms with Gasteiger partial charge in [0.2, 0.25) is 0 Å². The van der Waals surface area contributed by atoms with Crippen molar-refractivity contribution in [1.82, 2.24) is 5.32 Å². The van der Waals surface area contributed by atoms with Crippen LogP contribution in [0.15, 0.2) is 29.6 Å². The van der Waals surface area contributed by atoms with Crippen LogP contribution in [0.1, 0.15) is 31.7 Å². The summed E-state index contributed by atoms with van der Waals surface area (Å²) in [6.45, 7) is 4.52. The molecule has 1 fully saturated rings. The van der Waals surface area contributed by atoms with Crippen molar-refractivity contribution in [1.29, 1.82) is 0 Å². The first kappa shape index (κ1) is 11.2. The predicted octanol–water partition coefficient (Wildman–Crippen LogP) is 4.18. The first-order valence-corrected chi connectivity index (χ1v) is 7.37. The number of thiophene rings is 1. The Balaban J connectivity index is 1.65. The molecule has 2 heteroatoms. The topological polar surface area (TPSA) is 12.0 Å². The molecular formula is C15H19NS. The molecule has 0 unspecified atom stereocenters. The number of fused-ring (bicyclic) bond motifs is 1. The Labute approximate surface area is 107 Å². The highest BCUT2D eigenvalue weighted by atomic mass is 32.1. The molecular weight excluding hydrogens is 226 g/mol. The van der Waals surface area contributed by atoms with E-state index in [1.54, 1.807) is 0 Å². The second kappa shape index (κ2) is 4.43. The number of benzene rings is 1. The van der Waals surface area contributed by atoms with Gasteiger partial charge in [-0.3, -0.25) is 0 Å². The van der Waals surface area contributed by atoms with Crippen LogP contribution in [-0.4, -0.2) is 6.54 Å². The molecule has 1 aromatic heterocycles. The summed E-state index contributed by atoms with van der Waals surface area (Å²) in [6.07, 6.45) is 4.16. The minimum Gasteiger partial charge on any atom is -0.312 e. The van der Waals surface area contributed by atoms with E-state index in [1.165, 1.54) is 41.5 Å². The smallest absolute Gasteiger partial charge is 0.0346 e. The molecule has 1 N–H and O–H groups in total. The maximum absolute atomic E-state index is 3.64. The maximum atomic E-state index is 3.64. The fourth-order valence-electron chi connectivity index (χ4n) is 2.46. The second-order valence-corrected chi connectivity index (χ2v) is 6.13. The van der Waals surface area contributed by atoms with E-state index in [0.29, 0.717) is 5.41 Å². The molecule has 2 aromatic rings. The first-order chi connectivity index (χ1) is 8.33. The van der Waals surface area contributed by atoms with Gasteiger partial charge in [0.15, 0.2) is 0 Å². The molecule has 0 atom stereocenters. The molecule has 0 aliphatic heterocycles. The number of rotatable bonds is 5. The summed E-state index contributed by atoms with van der Waals surface area (Å²) in [5.74, 6) is 0. The van der Waals surface area contributed by atoms with Crippen molar-refractivity contribution in [3.05, 3.63) is 35.2 Å². The first-order valence-electron chi connectivity index (χ1n) is 6.49. The Kier molecular flexibility index (Phi) is 2.93. The molecule has 0 saturated heterocycles. The molecule has 1 aliphatic carbocycles. The molecule has 17 heavy (non-hydrogen) atoms. The summed E-state index contributed by atoms with van der Waals surface area (Å²) in [5.41, 5.74) is 2.10. The van der Waals surface area contributed by atoms with Gasteiger partial charge < -0.3 is 5.32 Å². The molecule has 0 radical (unpaired) electrons. The van der Waals surface area contributed by atoms with Gasteiger partial charge in [-0.25, -0.2) is 0 Å². The van der Waals surface area contributed by atoms with Gasteiger partial charge in [-0.1, -0.05) is 25.1 Å². The van der Waals surface area contributed by atoms with E-state index < -0.39 is 0 Å². The van der Waals surface area contributed by atoms with Gasteiger partial charge in [-0.15, -0.1) is 11.3 Å². The summed E-state index contributed by atoms with van der Waals surface area (Å²) in [6, 6.07) is 8.69. The highest BCUT2D eigenvalue weighted by Crippen LogP contribution is 2.47. The van der Waals surface area contributed by atoms with Crippen molar-refractivity contribution in [3.8, 4) is 0 Å². The van der Waals surface area contributed by atoms with E-state index in [0.717, 1.165) is 6.54 Å². The van der Waals surface area contributed by atoms with E-state index in [2.05, 4.69) is 41.9 Å². The normalized spacial score (nSPS) is 17.5. The molecule has 0 amide bonds. The predicted molar refractivity (Wildman–Crippen MR) is 75.5 cm³/mol. The lowest BCUT2D eigenvalue weighted by atomic mass is 10.0.